The highest BCUT2D eigenvalue weighted by atomic mass is 16.1. The summed E-state index contributed by atoms with van der Waals surface area (Å²) in [5, 5.41) is 0. The van der Waals surface area contributed by atoms with E-state index in [4.69, 9.17) is 0 Å². The van der Waals surface area contributed by atoms with Crippen LogP contribution in [0.4, 0.5) is 0 Å². The van der Waals surface area contributed by atoms with Crippen LogP contribution in [0, 0.1) is 5.41 Å². The van der Waals surface area contributed by atoms with Gasteiger partial charge in [0.2, 0.25) is 0 Å². The number of rotatable bonds is 7. The Labute approximate surface area is 88.6 Å². The molecule has 0 rings (SSSR count). The van der Waals surface area contributed by atoms with E-state index < -0.39 is 0 Å². The molecule has 0 aromatic carbocycles. The van der Waals surface area contributed by atoms with E-state index in [1.54, 1.807) is 0 Å². The highest BCUT2D eigenvalue weighted by Gasteiger charge is 2.08. The molecule has 0 aromatic heterocycles. The third kappa shape index (κ3) is 9.50. The molecule has 0 bridgehead atoms. The highest BCUT2D eigenvalue weighted by molar-refractivity contribution is 5.88. The molecule has 0 unspecified atom stereocenters. The Morgan fingerprint density at radius 1 is 1.14 bits per heavy atom. The second-order valence-corrected chi connectivity index (χ2v) is 5.15. The van der Waals surface area contributed by atoms with Gasteiger partial charge in [-0.3, -0.25) is 4.79 Å². The summed E-state index contributed by atoms with van der Waals surface area (Å²) < 4.78 is 0. The summed E-state index contributed by atoms with van der Waals surface area (Å²) in [5.74, 6) is 0.181. The first kappa shape index (κ1) is 13.4. The Hall–Kier alpha value is -0.590. The Bertz CT molecular complexity index is 174. The van der Waals surface area contributed by atoms with Gasteiger partial charge >= 0.3 is 0 Å². The van der Waals surface area contributed by atoms with E-state index in [-0.39, 0.29) is 5.78 Å². The van der Waals surface area contributed by atoms with E-state index in [1.165, 1.54) is 31.8 Å². The molecule has 82 valence electrons. The molecule has 0 saturated heterocycles. The Kier molecular flexibility index (Phi) is 6.52. The average molecular weight is 196 g/mol. The fourth-order valence-corrected chi connectivity index (χ4v) is 1.41. The molecule has 1 heteroatoms. The van der Waals surface area contributed by atoms with Gasteiger partial charge in [-0.2, -0.15) is 0 Å². The quantitative estimate of drug-likeness (QED) is 0.442. The fourth-order valence-electron chi connectivity index (χ4n) is 1.41. The summed E-state index contributed by atoms with van der Waals surface area (Å²) in [4.78, 5) is 10.9. The smallest absolute Gasteiger partial charge is 0.155 e. The lowest BCUT2D eigenvalue weighted by molar-refractivity contribution is -0.114. The lowest BCUT2D eigenvalue weighted by Gasteiger charge is -2.17. The van der Waals surface area contributed by atoms with Gasteiger partial charge in [-0.15, -0.1) is 0 Å². The van der Waals surface area contributed by atoms with Crippen LogP contribution < -0.4 is 0 Å². The topological polar surface area (TPSA) is 17.1 Å². The number of unbranched alkanes of at least 4 members (excludes halogenated alkanes) is 3. The number of carbonyl (C=O) groups is 1. The van der Waals surface area contributed by atoms with E-state index >= 15 is 0 Å². The maximum Gasteiger partial charge on any atom is 0.155 e. The van der Waals surface area contributed by atoms with Crippen molar-refractivity contribution >= 4 is 5.78 Å². The molecular formula is C13H24O. The minimum absolute atomic E-state index is 0.181. The number of allylic oxidation sites excluding steroid dienone is 1. The van der Waals surface area contributed by atoms with Crippen molar-refractivity contribution in [2.45, 2.75) is 59.3 Å². The summed E-state index contributed by atoms with van der Waals surface area (Å²) >= 11 is 0. The molecule has 0 aliphatic heterocycles. The normalized spacial score (nSPS) is 11.4. The van der Waals surface area contributed by atoms with Crippen molar-refractivity contribution in [1.82, 2.24) is 0 Å². The van der Waals surface area contributed by atoms with Crippen LogP contribution in [0.2, 0.25) is 0 Å². The molecule has 0 amide bonds. The van der Waals surface area contributed by atoms with Crippen LogP contribution in [-0.4, -0.2) is 5.78 Å². The molecular weight excluding hydrogens is 172 g/mol. The first-order valence-corrected chi connectivity index (χ1v) is 5.61. The van der Waals surface area contributed by atoms with Gasteiger partial charge in [0.15, 0.2) is 5.78 Å². The van der Waals surface area contributed by atoms with Gasteiger partial charge < -0.3 is 0 Å². The summed E-state index contributed by atoms with van der Waals surface area (Å²) in [6, 6.07) is 0. The van der Waals surface area contributed by atoms with Gasteiger partial charge in [-0.05, 0) is 24.3 Å². The van der Waals surface area contributed by atoms with E-state index in [0.29, 0.717) is 11.8 Å². The average Bonchev–Trinajstić information content (AvgIpc) is 2.08. The zero-order valence-corrected chi connectivity index (χ0v) is 9.94. The minimum Gasteiger partial charge on any atom is -0.295 e. The van der Waals surface area contributed by atoms with Gasteiger partial charge in [0.1, 0.15) is 0 Å². The molecule has 0 saturated carbocycles. The largest absolute Gasteiger partial charge is 0.295 e. The molecule has 1 nitrogen and oxygen atoms in total. The van der Waals surface area contributed by atoms with E-state index in [9.17, 15) is 4.79 Å². The van der Waals surface area contributed by atoms with Crippen molar-refractivity contribution < 1.29 is 4.79 Å². The van der Waals surface area contributed by atoms with E-state index in [2.05, 4.69) is 27.4 Å². The van der Waals surface area contributed by atoms with Gasteiger partial charge in [-0.1, -0.05) is 46.6 Å². The number of carbonyl (C=O) groups excluding carboxylic acids is 1. The van der Waals surface area contributed by atoms with Crippen molar-refractivity contribution in [3.05, 3.63) is 12.7 Å². The molecule has 14 heavy (non-hydrogen) atoms. The van der Waals surface area contributed by atoms with Crippen LogP contribution in [0.3, 0.4) is 0 Å². The van der Waals surface area contributed by atoms with Crippen molar-refractivity contribution in [3.63, 3.8) is 0 Å². The third-order valence-electron chi connectivity index (χ3n) is 2.33. The lowest BCUT2D eigenvalue weighted by atomic mass is 9.89. The van der Waals surface area contributed by atoms with Crippen LogP contribution in [0.15, 0.2) is 12.7 Å². The first-order chi connectivity index (χ1) is 6.45. The maximum atomic E-state index is 10.9. The predicted molar refractivity (Wildman–Crippen MR) is 62.4 cm³/mol. The summed E-state index contributed by atoms with van der Waals surface area (Å²) in [5.41, 5.74) is 0.455. The second-order valence-electron chi connectivity index (χ2n) is 5.15. The lowest BCUT2D eigenvalue weighted by Crippen LogP contribution is -2.03. The van der Waals surface area contributed by atoms with Crippen molar-refractivity contribution in [2.75, 3.05) is 0 Å². The molecule has 0 fully saturated rings. The Morgan fingerprint density at radius 3 is 2.21 bits per heavy atom. The van der Waals surface area contributed by atoms with Crippen LogP contribution in [0.5, 0.6) is 0 Å². The second kappa shape index (κ2) is 6.80. The van der Waals surface area contributed by atoms with E-state index in [0.717, 1.165) is 6.42 Å². The van der Waals surface area contributed by atoms with Gasteiger partial charge in [-0.25, -0.2) is 0 Å². The molecule has 0 N–H and O–H groups in total. The van der Waals surface area contributed by atoms with Gasteiger partial charge in [0, 0.05) is 6.42 Å². The number of hydrogen-bond donors (Lipinski definition) is 0. The monoisotopic (exact) mass is 196 g/mol. The van der Waals surface area contributed by atoms with Crippen molar-refractivity contribution in [1.29, 1.82) is 0 Å². The van der Waals surface area contributed by atoms with E-state index in [1.807, 2.05) is 0 Å². The van der Waals surface area contributed by atoms with Crippen LogP contribution in [-0.2, 0) is 4.79 Å². The SMILES string of the molecule is C=CC(=O)CCCCCCC(C)(C)C. The van der Waals surface area contributed by atoms with Crippen molar-refractivity contribution in [3.8, 4) is 0 Å². The molecule has 0 atom stereocenters. The number of ketones is 1. The Balaban J connectivity index is 3.22. The molecule has 0 aliphatic carbocycles. The highest BCUT2D eigenvalue weighted by Crippen LogP contribution is 2.22. The maximum absolute atomic E-state index is 10.9. The standard InChI is InChI=1S/C13H24O/c1-5-12(14)10-8-6-7-9-11-13(2,3)4/h5H,1,6-11H2,2-4H3. The first-order valence-electron chi connectivity index (χ1n) is 5.61. The zero-order valence-electron chi connectivity index (χ0n) is 9.94. The summed E-state index contributed by atoms with van der Waals surface area (Å²) in [6.07, 6.45) is 8.12. The fraction of sp³-hybridized carbons (Fsp3) is 0.769. The zero-order chi connectivity index (χ0) is 11.0. The van der Waals surface area contributed by atoms with Crippen LogP contribution >= 0.6 is 0 Å². The van der Waals surface area contributed by atoms with Crippen LogP contribution in [0.25, 0.3) is 0 Å². The predicted octanol–water partition coefficient (Wildman–Crippen LogP) is 4.13. The molecule has 0 heterocycles. The molecule has 0 spiro atoms. The van der Waals surface area contributed by atoms with Crippen molar-refractivity contribution in [2.24, 2.45) is 5.41 Å². The molecule has 0 radical (unpaired) electrons. The van der Waals surface area contributed by atoms with Crippen LogP contribution in [0.1, 0.15) is 59.3 Å². The summed E-state index contributed by atoms with van der Waals surface area (Å²) in [7, 11) is 0. The Morgan fingerprint density at radius 2 is 1.71 bits per heavy atom. The van der Waals surface area contributed by atoms with Gasteiger partial charge in [0.05, 0.1) is 0 Å². The number of hydrogen-bond acceptors (Lipinski definition) is 1. The third-order valence-corrected chi connectivity index (χ3v) is 2.33. The summed E-state index contributed by atoms with van der Waals surface area (Å²) in [6.45, 7) is 10.3. The molecule has 0 aliphatic rings. The minimum atomic E-state index is 0.181. The molecule has 0 aromatic rings. The van der Waals surface area contributed by atoms with Gasteiger partial charge in [0.25, 0.3) is 0 Å².